The summed E-state index contributed by atoms with van der Waals surface area (Å²) < 4.78 is 0. The predicted molar refractivity (Wildman–Crippen MR) is 69.4 cm³/mol. The Kier molecular flexibility index (Phi) is 4.97. The Morgan fingerprint density at radius 3 is 1.42 bits per heavy atom. The minimum absolute atomic E-state index is 0.152. The number of nitrogen functional groups attached to an aromatic ring is 1. The summed E-state index contributed by atoms with van der Waals surface area (Å²) in [5.41, 5.74) is 5.82. The second-order valence-corrected chi connectivity index (χ2v) is 3.36. The number of nitro groups is 2. The first kappa shape index (κ1) is 14.1. The van der Waals surface area contributed by atoms with Crippen molar-refractivity contribution >= 4 is 17.1 Å². The third-order valence-corrected chi connectivity index (χ3v) is 2.02. The summed E-state index contributed by atoms with van der Waals surface area (Å²) in [7, 11) is 0. The third-order valence-electron chi connectivity index (χ3n) is 2.02. The minimum Gasteiger partial charge on any atom is -0.399 e. The molecule has 0 aliphatic rings. The molecule has 0 saturated heterocycles. The zero-order chi connectivity index (χ0) is 14.3. The maximum atomic E-state index is 10.1. The molecule has 0 fully saturated rings. The van der Waals surface area contributed by atoms with Crippen molar-refractivity contribution in [2.75, 3.05) is 5.73 Å². The van der Waals surface area contributed by atoms with Crippen LogP contribution in [0.1, 0.15) is 0 Å². The summed E-state index contributed by atoms with van der Waals surface area (Å²) in [6.07, 6.45) is 0. The Morgan fingerprint density at radius 2 is 1.21 bits per heavy atom. The molecule has 0 aliphatic heterocycles. The second-order valence-electron chi connectivity index (χ2n) is 3.36. The van der Waals surface area contributed by atoms with Crippen molar-refractivity contribution in [1.82, 2.24) is 0 Å². The number of nitro benzene ring substituents is 2. The van der Waals surface area contributed by atoms with Crippen molar-refractivity contribution in [2.24, 2.45) is 0 Å². The van der Waals surface area contributed by atoms with E-state index in [-0.39, 0.29) is 11.4 Å². The fraction of sp³-hybridized carbons (Fsp3) is 0. The summed E-state index contributed by atoms with van der Waals surface area (Å²) in [4.78, 5) is 19.0. The lowest BCUT2D eigenvalue weighted by Crippen LogP contribution is -1.90. The standard InChI is InChI=1S/C6H4N2O4.C6H6N/c9-7(10)5-1-2-6(4-3-5)8(11)12;7-6-4-2-1-3-5-6/h1-4H;2-5H,7H2. The first-order valence-corrected chi connectivity index (χ1v) is 5.11. The molecule has 2 aromatic rings. The lowest BCUT2D eigenvalue weighted by molar-refractivity contribution is -0.389. The van der Waals surface area contributed by atoms with Crippen LogP contribution in [0, 0.1) is 26.3 Å². The SMILES string of the molecule is Nc1cc[c]cc1.O=[N+]([O-])c1ccc([N+](=O)[O-])cc1. The fourth-order valence-electron chi connectivity index (χ4n) is 1.10. The van der Waals surface area contributed by atoms with E-state index in [1.807, 2.05) is 0 Å². The molecule has 7 nitrogen and oxygen atoms in total. The largest absolute Gasteiger partial charge is 0.399 e. The molecule has 2 aromatic carbocycles. The van der Waals surface area contributed by atoms with Gasteiger partial charge >= 0.3 is 0 Å². The number of hydrogen-bond acceptors (Lipinski definition) is 5. The van der Waals surface area contributed by atoms with E-state index in [0.717, 1.165) is 30.0 Å². The van der Waals surface area contributed by atoms with E-state index in [9.17, 15) is 20.2 Å². The van der Waals surface area contributed by atoms with E-state index < -0.39 is 9.85 Å². The van der Waals surface area contributed by atoms with E-state index >= 15 is 0 Å². The van der Waals surface area contributed by atoms with Crippen LogP contribution in [0.4, 0.5) is 17.1 Å². The number of hydrogen-bond donors (Lipinski definition) is 1. The quantitative estimate of drug-likeness (QED) is 0.506. The van der Waals surface area contributed by atoms with Gasteiger partial charge < -0.3 is 5.73 Å². The molecule has 7 heteroatoms. The highest BCUT2D eigenvalue weighted by Crippen LogP contribution is 2.16. The number of benzene rings is 2. The van der Waals surface area contributed by atoms with Crippen molar-refractivity contribution in [3.05, 3.63) is 74.8 Å². The van der Waals surface area contributed by atoms with Gasteiger partial charge in [0, 0.05) is 30.0 Å². The van der Waals surface area contributed by atoms with Gasteiger partial charge in [-0.25, -0.2) is 0 Å². The highest BCUT2D eigenvalue weighted by molar-refractivity contribution is 5.39. The van der Waals surface area contributed by atoms with Gasteiger partial charge in [-0.05, 0) is 18.2 Å². The molecule has 0 saturated carbocycles. The Labute approximate surface area is 108 Å². The van der Waals surface area contributed by atoms with Crippen LogP contribution < -0.4 is 5.73 Å². The monoisotopic (exact) mass is 260 g/mol. The van der Waals surface area contributed by atoms with Gasteiger partial charge in [0.05, 0.1) is 9.85 Å². The molecule has 0 amide bonds. The molecule has 0 aliphatic carbocycles. The molecule has 1 radical (unpaired) electrons. The number of rotatable bonds is 2. The Morgan fingerprint density at radius 1 is 0.842 bits per heavy atom. The highest BCUT2D eigenvalue weighted by Gasteiger charge is 2.08. The summed E-state index contributed by atoms with van der Waals surface area (Å²) in [6.45, 7) is 0. The lowest BCUT2D eigenvalue weighted by atomic mass is 10.3. The van der Waals surface area contributed by atoms with Gasteiger partial charge in [-0.3, -0.25) is 20.2 Å². The van der Waals surface area contributed by atoms with Gasteiger partial charge in [0.1, 0.15) is 0 Å². The second kappa shape index (κ2) is 6.70. The molecule has 0 heterocycles. The predicted octanol–water partition coefficient (Wildman–Crippen LogP) is 2.57. The normalized spacial score (nSPS) is 9.05. The maximum Gasteiger partial charge on any atom is 0.269 e. The van der Waals surface area contributed by atoms with E-state index in [1.165, 1.54) is 0 Å². The minimum atomic E-state index is -0.607. The number of nitrogens with zero attached hydrogens (tertiary/aromatic N) is 2. The first-order chi connectivity index (χ1) is 9.00. The molecular formula is C12H10N3O4. The van der Waals surface area contributed by atoms with Crippen LogP contribution in [-0.4, -0.2) is 9.85 Å². The number of nitrogens with two attached hydrogens (primary N) is 1. The fourth-order valence-corrected chi connectivity index (χ4v) is 1.10. The average molecular weight is 260 g/mol. The zero-order valence-corrected chi connectivity index (χ0v) is 9.72. The van der Waals surface area contributed by atoms with E-state index in [4.69, 9.17) is 5.73 Å². The maximum absolute atomic E-state index is 10.1. The van der Waals surface area contributed by atoms with E-state index in [2.05, 4.69) is 6.07 Å². The Balaban J connectivity index is 0.000000218. The summed E-state index contributed by atoms with van der Waals surface area (Å²) in [5, 5.41) is 20.2. The summed E-state index contributed by atoms with van der Waals surface area (Å²) in [5.74, 6) is 0. The molecule has 2 rings (SSSR count). The first-order valence-electron chi connectivity index (χ1n) is 5.11. The zero-order valence-electron chi connectivity index (χ0n) is 9.72. The van der Waals surface area contributed by atoms with Gasteiger partial charge in [-0.1, -0.05) is 12.1 Å². The van der Waals surface area contributed by atoms with Crippen molar-refractivity contribution in [3.8, 4) is 0 Å². The van der Waals surface area contributed by atoms with Gasteiger partial charge in [-0.2, -0.15) is 0 Å². The molecule has 97 valence electrons. The molecule has 0 unspecified atom stereocenters. The number of non-ortho nitro benzene ring substituents is 2. The van der Waals surface area contributed by atoms with Crippen molar-refractivity contribution < 1.29 is 9.85 Å². The smallest absolute Gasteiger partial charge is 0.269 e. The molecule has 0 atom stereocenters. The van der Waals surface area contributed by atoms with Gasteiger partial charge in [0.2, 0.25) is 0 Å². The molecular weight excluding hydrogens is 250 g/mol. The van der Waals surface area contributed by atoms with Crippen LogP contribution in [0.15, 0.2) is 48.5 Å². The number of anilines is 1. The van der Waals surface area contributed by atoms with Crippen LogP contribution in [-0.2, 0) is 0 Å². The summed E-state index contributed by atoms with van der Waals surface area (Å²) in [6, 6.07) is 14.4. The molecule has 0 spiro atoms. The molecule has 0 aromatic heterocycles. The highest BCUT2D eigenvalue weighted by atomic mass is 16.6. The Bertz CT molecular complexity index is 522. The lowest BCUT2D eigenvalue weighted by Gasteiger charge is -1.90. The van der Waals surface area contributed by atoms with Gasteiger partial charge in [0.25, 0.3) is 11.4 Å². The van der Waals surface area contributed by atoms with Crippen molar-refractivity contribution in [3.63, 3.8) is 0 Å². The van der Waals surface area contributed by atoms with Gasteiger partial charge in [-0.15, -0.1) is 0 Å². The average Bonchev–Trinajstić information content (AvgIpc) is 2.40. The summed E-state index contributed by atoms with van der Waals surface area (Å²) >= 11 is 0. The van der Waals surface area contributed by atoms with Crippen molar-refractivity contribution in [1.29, 1.82) is 0 Å². The van der Waals surface area contributed by atoms with Crippen LogP contribution in [0.5, 0.6) is 0 Å². The van der Waals surface area contributed by atoms with Crippen LogP contribution in [0.2, 0.25) is 0 Å². The van der Waals surface area contributed by atoms with Crippen LogP contribution in [0.25, 0.3) is 0 Å². The van der Waals surface area contributed by atoms with Crippen LogP contribution >= 0.6 is 0 Å². The topological polar surface area (TPSA) is 112 Å². The van der Waals surface area contributed by atoms with Gasteiger partial charge in [0.15, 0.2) is 0 Å². The van der Waals surface area contributed by atoms with E-state index in [1.54, 1.807) is 24.3 Å². The third kappa shape index (κ3) is 4.82. The molecule has 2 N–H and O–H groups in total. The van der Waals surface area contributed by atoms with E-state index in [0.29, 0.717) is 0 Å². The Hall–Kier alpha value is -2.96. The molecule has 19 heavy (non-hydrogen) atoms. The molecule has 0 bridgehead atoms. The van der Waals surface area contributed by atoms with Crippen LogP contribution in [0.3, 0.4) is 0 Å². The van der Waals surface area contributed by atoms with Crippen molar-refractivity contribution in [2.45, 2.75) is 0 Å².